The molecule has 0 saturated heterocycles. The van der Waals surface area contributed by atoms with Crippen LogP contribution in [0.1, 0.15) is 22.4 Å². The van der Waals surface area contributed by atoms with Gasteiger partial charge in [0.2, 0.25) is 0 Å². The van der Waals surface area contributed by atoms with Crippen LogP contribution in [-0.4, -0.2) is 11.7 Å². The van der Waals surface area contributed by atoms with Crippen LogP contribution in [-0.2, 0) is 4.79 Å². The van der Waals surface area contributed by atoms with E-state index in [1.54, 1.807) is 0 Å². The largest absolute Gasteiger partial charge is 0.302 e. The van der Waals surface area contributed by atoms with Crippen LogP contribution in [0.25, 0.3) is 0 Å². The number of alkyl halides is 2. The lowest BCUT2D eigenvalue weighted by Crippen LogP contribution is -2.19. The second-order valence-electron chi connectivity index (χ2n) is 4.33. The maximum atomic E-state index is 11.1. The molecule has 0 aromatic heterocycles. The summed E-state index contributed by atoms with van der Waals surface area (Å²) < 4.78 is 0. The van der Waals surface area contributed by atoms with Crippen molar-refractivity contribution < 1.29 is 4.79 Å². The summed E-state index contributed by atoms with van der Waals surface area (Å²) in [7, 11) is 0. The lowest BCUT2D eigenvalue weighted by Gasteiger charge is -2.24. The first kappa shape index (κ1) is 14.1. The van der Waals surface area contributed by atoms with E-state index in [1.807, 2.05) is 60.7 Å². The fourth-order valence-electron chi connectivity index (χ4n) is 2.12. The maximum absolute atomic E-state index is 11.1. The number of hydrogen-bond donors (Lipinski definition) is 0. The van der Waals surface area contributed by atoms with Crippen molar-refractivity contribution in [2.24, 2.45) is 0 Å². The normalized spacial score (nSPS) is 15.5. The molecule has 19 heavy (non-hydrogen) atoms. The van der Waals surface area contributed by atoms with Gasteiger partial charge in [-0.1, -0.05) is 60.7 Å². The fraction of sp³-hybridized carbons (Fsp3) is 0.188. The molecule has 3 heteroatoms. The molecule has 2 aromatic rings. The van der Waals surface area contributed by atoms with Crippen LogP contribution in [0.15, 0.2) is 60.7 Å². The zero-order chi connectivity index (χ0) is 13.7. The number of rotatable bonds is 5. The van der Waals surface area contributed by atoms with Gasteiger partial charge in [-0.3, -0.25) is 0 Å². The molecule has 0 aliphatic rings. The molecule has 0 radical (unpaired) electrons. The topological polar surface area (TPSA) is 17.1 Å². The van der Waals surface area contributed by atoms with Crippen molar-refractivity contribution in [2.75, 3.05) is 0 Å². The lowest BCUT2D eigenvalue weighted by atomic mass is 9.89. The minimum absolute atomic E-state index is 0.246. The van der Waals surface area contributed by atoms with E-state index in [-0.39, 0.29) is 11.3 Å². The highest BCUT2D eigenvalue weighted by Gasteiger charge is 2.29. The van der Waals surface area contributed by atoms with E-state index in [9.17, 15) is 4.79 Å². The average Bonchev–Trinajstić information content (AvgIpc) is 2.49. The van der Waals surface area contributed by atoms with Gasteiger partial charge >= 0.3 is 0 Å². The zero-order valence-electron chi connectivity index (χ0n) is 10.2. The standard InChI is InChI=1S/C16H14Cl2O/c17-14(11-19)15(12-7-3-1-4-8-12)16(18)13-9-5-2-6-10-13/h1-11,14-16H/t14-,15+,16+/m1/s1. The summed E-state index contributed by atoms with van der Waals surface area (Å²) in [6, 6.07) is 19.3. The number of halogens is 2. The van der Waals surface area contributed by atoms with Gasteiger partial charge in [-0.15, -0.1) is 23.2 Å². The number of aldehydes is 1. The molecule has 0 amide bonds. The van der Waals surface area contributed by atoms with Gasteiger partial charge in [0.1, 0.15) is 6.29 Å². The average molecular weight is 293 g/mol. The Morgan fingerprint density at radius 1 is 0.789 bits per heavy atom. The molecule has 0 aliphatic heterocycles. The van der Waals surface area contributed by atoms with Gasteiger partial charge in [-0.05, 0) is 11.1 Å². The molecule has 0 spiro atoms. The summed E-state index contributed by atoms with van der Waals surface area (Å²) in [4.78, 5) is 11.1. The van der Waals surface area contributed by atoms with Crippen molar-refractivity contribution in [1.82, 2.24) is 0 Å². The second kappa shape index (κ2) is 6.74. The first-order chi connectivity index (χ1) is 9.24. The van der Waals surface area contributed by atoms with Crippen LogP contribution >= 0.6 is 23.2 Å². The van der Waals surface area contributed by atoms with Gasteiger partial charge in [0.05, 0.1) is 10.8 Å². The van der Waals surface area contributed by atoms with Crippen LogP contribution in [0.2, 0.25) is 0 Å². The molecule has 0 N–H and O–H groups in total. The van der Waals surface area contributed by atoms with Crippen molar-refractivity contribution in [3.8, 4) is 0 Å². The van der Waals surface area contributed by atoms with E-state index in [4.69, 9.17) is 23.2 Å². The highest BCUT2D eigenvalue weighted by molar-refractivity contribution is 6.29. The van der Waals surface area contributed by atoms with Crippen molar-refractivity contribution >= 4 is 29.5 Å². The fourth-order valence-corrected chi connectivity index (χ4v) is 2.93. The zero-order valence-corrected chi connectivity index (χ0v) is 11.8. The van der Waals surface area contributed by atoms with Gasteiger partial charge in [-0.2, -0.15) is 0 Å². The van der Waals surface area contributed by atoms with Gasteiger partial charge in [-0.25, -0.2) is 0 Å². The Morgan fingerprint density at radius 2 is 1.26 bits per heavy atom. The maximum Gasteiger partial charge on any atom is 0.138 e. The Kier molecular flexibility index (Phi) is 5.00. The quantitative estimate of drug-likeness (QED) is 0.583. The van der Waals surface area contributed by atoms with Gasteiger partial charge < -0.3 is 4.79 Å². The predicted molar refractivity (Wildman–Crippen MR) is 79.9 cm³/mol. The monoisotopic (exact) mass is 292 g/mol. The Hall–Kier alpha value is -1.31. The first-order valence-electron chi connectivity index (χ1n) is 6.07. The second-order valence-corrected chi connectivity index (χ2v) is 5.30. The van der Waals surface area contributed by atoms with E-state index in [0.29, 0.717) is 0 Å². The highest BCUT2D eigenvalue weighted by Crippen LogP contribution is 2.40. The molecule has 98 valence electrons. The van der Waals surface area contributed by atoms with Crippen LogP contribution in [0.3, 0.4) is 0 Å². The third-order valence-electron chi connectivity index (χ3n) is 3.09. The minimum atomic E-state index is -0.648. The summed E-state index contributed by atoms with van der Waals surface area (Å²) in [5, 5.41) is -0.985. The summed E-state index contributed by atoms with van der Waals surface area (Å²) in [5.74, 6) is -0.246. The van der Waals surface area contributed by atoms with Crippen LogP contribution in [0.4, 0.5) is 0 Å². The Bertz CT molecular complexity index is 513. The van der Waals surface area contributed by atoms with Crippen molar-refractivity contribution in [1.29, 1.82) is 0 Å². The molecule has 0 saturated carbocycles. The summed E-state index contributed by atoms with van der Waals surface area (Å²) >= 11 is 12.7. The van der Waals surface area contributed by atoms with Crippen molar-refractivity contribution in [3.05, 3.63) is 71.8 Å². The predicted octanol–water partition coefficient (Wildman–Crippen LogP) is 4.56. The molecule has 2 aromatic carbocycles. The SMILES string of the molecule is O=C[C@@H](Cl)[C@H](c1ccccc1)[C@@H](Cl)c1ccccc1. The van der Waals surface area contributed by atoms with Gasteiger partial charge in [0, 0.05) is 5.92 Å². The summed E-state index contributed by atoms with van der Waals surface area (Å²) in [6.07, 6.45) is 0.748. The molecular weight excluding hydrogens is 279 g/mol. The van der Waals surface area contributed by atoms with E-state index in [1.165, 1.54) is 0 Å². The third-order valence-corrected chi connectivity index (χ3v) is 3.99. The molecule has 3 atom stereocenters. The molecule has 0 bridgehead atoms. The number of carbonyl (C=O) groups is 1. The number of benzene rings is 2. The van der Waals surface area contributed by atoms with Crippen molar-refractivity contribution in [3.63, 3.8) is 0 Å². The molecule has 0 aliphatic carbocycles. The molecular formula is C16H14Cl2O. The van der Waals surface area contributed by atoms with E-state index in [0.717, 1.165) is 17.4 Å². The molecule has 1 nitrogen and oxygen atoms in total. The smallest absolute Gasteiger partial charge is 0.138 e. The van der Waals surface area contributed by atoms with E-state index < -0.39 is 5.38 Å². The number of carbonyl (C=O) groups excluding carboxylic acids is 1. The van der Waals surface area contributed by atoms with Crippen LogP contribution in [0.5, 0.6) is 0 Å². The van der Waals surface area contributed by atoms with Gasteiger partial charge in [0.15, 0.2) is 0 Å². The molecule has 2 rings (SSSR count). The lowest BCUT2D eigenvalue weighted by molar-refractivity contribution is -0.107. The Balaban J connectivity index is 2.36. The van der Waals surface area contributed by atoms with Crippen molar-refractivity contribution in [2.45, 2.75) is 16.7 Å². The van der Waals surface area contributed by atoms with E-state index in [2.05, 4.69) is 0 Å². The van der Waals surface area contributed by atoms with E-state index >= 15 is 0 Å². The molecule has 0 unspecified atom stereocenters. The molecule has 0 fully saturated rings. The summed E-state index contributed by atoms with van der Waals surface area (Å²) in [5.41, 5.74) is 1.93. The molecule has 0 heterocycles. The van der Waals surface area contributed by atoms with Gasteiger partial charge in [0.25, 0.3) is 0 Å². The Labute approximate surface area is 123 Å². The first-order valence-corrected chi connectivity index (χ1v) is 6.94. The third kappa shape index (κ3) is 3.37. The minimum Gasteiger partial charge on any atom is -0.302 e. The Morgan fingerprint density at radius 3 is 1.74 bits per heavy atom. The van der Waals surface area contributed by atoms with Crippen LogP contribution in [0, 0.1) is 0 Å². The summed E-state index contributed by atoms with van der Waals surface area (Å²) in [6.45, 7) is 0. The van der Waals surface area contributed by atoms with Crippen LogP contribution < -0.4 is 0 Å². The number of hydrogen-bond acceptors (Lipinski definition) is 1. The highest BCUT2D eigenvalue weighted by atomic mass is 35.5.